The maximum Gasteiger partial charge on any atom is 0.307 e. The number of ether oxygens (including phenoxy) is 2. The van der Waals surface area contributed by atoms with E-state index in [0.717, 1.165) is 51.7 Å². The first-order valence-corrected chi connectivity index (χ1v) is 23.4. The van der Waals surface area contributed by atoms with Gasteiger partial charge >= 0.3 is 11.9 Å². The quantitative estimate of drug-likeness (QED) is 0.0375. The normalized spacial score (nSPS) is 11.9. The second-order valence-corrected chi connectivity index (χ2v) is 16.0. The van der Waals surface area contributed by atoms with Gasteiger partial charge in [-0.05, 0) is 76.8 Å². The van der Waals surface area contributed by atoms with E-state index in [9.17, 15) is 9.59 Å². The standard InChI is InChI=1S/C48H87N3O4/c1-4-7-10-13-16-17-18-19-20-21-22-23-24-25-28-31-37-50(38-32-39-51-41-36-49-45-51)40-35-47(52)54-42-43-55-48(53)44-46(33-29-26-14-11-8-5-2)34-30-27-15-12-9-6-3/h16-17,19-20,36,41,45-46H,4-15,18,21-35,37-40,42-44H2,1-3H3/b17-16-,20-19-. The van der Waals surface area contributed by atoms with Crippen LogP contribution in [0.4, 0.5) is 0 Å². The number of aromatic nitrogens is 2. The predicted octanol–water partition coefficient (Wildman–Crippen LogP) is 13.4. The summed E-state index contributed by atoms with van der Waals surface area (Å²) in [5.41, 5.74) is 0. The van der Waals surface area contributed by atoms with E-state index in [1.54, 1.807) is 0 Å². The highest BCUT2D eigenvalue weighted by Crippen LogP contribution is 2.23. The number of hydrogen-bond donors (Lipinski definition) is 0. The second-order valence-electron chi connectivity index (χ2n) is 16.0. The summed E-state index contributed by atoms with van der Waals surface area (Å²) in [6, 6.07) is 0. The van der Waals surface area contributed by atoms with Crippen LogP contribution < -0.4 is 0 Å². The highest BCUT2D eigenvalue weighted by molar-refractivity contribution is 5.70. The Morgan fingerprint density at radius 1 is 0.600 bits per heavy atom. The number of imidazole rings is 1. The van der Waals surface area contributed by atoms with Crippen molar-refractivity contribution in [3.8, 4) is 0 Å². The molecule has 7 heteroatoms. The zero-order valence-electron chi connectivity index (χ0n) is 36.3. The van der Waals surface area contributed by atoms with E-state index in [0.29, 0.717) is 25.3 Å². The summed E-state index contributed by atoms with van der Waals surface area (Å²) in [6.07, 6.45) is 49.3. The molecule has 0 fully saturated rings. The minimum Gasteiger partial charge on any atom is -0.462 e. The Morgan fingerprint density at radius 3 is 1.71 bits per heavy atom. The fraction of sp³-hybridized carbons (Fsp3) is 0.812. The summed E-state index contributed by atoms with van der Waals surface area (Å²) in [5, 5.41) is 0. The molecular formula is C48H87N3O4. The van der Waals surface area contributed by atoms with E-state index < -0.39 is 0 Å². The molecule has 1 rings (SSSR count). The average molecular weight is 770 g/mol. The number of carbonyl (C=O) groups excluding carboxylic acids is 2. The number of rotatable bonds is 41. The van der Waals surface area contributed by atoms with Crippen molar-refractivity contribution in [2.45, 2.75) is 214 Å². The summed E-state index contributed by atoms with van der Waals surface area (Å²) in [4.78, 5) is 32.0. The van der Waals surface area contributed by atoms with Gasteiger partial charge in [0.15, 0.2) is 0 Å². The van der Waals surface area contributed by atoms with Gasteiger partial charge in [-0.1, -0.05) is 161 Å². The lowest BCUT2D eigenvalue weighted by Crippen LogP contribution is -2.30. The molecule has 0 saturated carbocycles. The molecule has 0 aliphatic rings. The highest BCUT2D eigenvalue weighted by atomic mass is 16.6. The van der Waals surface area contributed by atoms with Gasteiger partial charge < -0.3 is 18.9 Å². The minimum absolute atomic E-state index is 0.136. The Morgan fingerprint density at radius 2 is 1.11 bits per heavy atom. The molecule has 7 nitrogen and oxygen atoms in total. The molecule has 0 unspecified atom stereocenters. The van der Waals surface area contributed by atoms with Crippen LogP contribution in [0.2, 0.25) is 0 Å². The molecule has 1 aromatic heterocycles. The van der Waals surface area contributed by atoms with Gasteiger partial charge in [-0.3, -0.25) is 9.59 Å². The molecular weight excluding hydrogens is 683 g/mol. The molecule has 0 radical (unpaired) electrons. The summed E-state index contributed by atoms with van der Waals surface area (Å²) >= 11 is 0. The van der Waals surface area contributed by atoms with Gasteiger partial charge in [0, 0.05) is 31.9 Å². The molecule has 318 valence electrons. The van der Waals surface area contributed by atoms with Crippen molar-refractivity contribution in [3.05, 3.63) is 43.0 Å². The van der Waals surface area contributed by atoms with Crippen molar-refractivity contribution in [1.82, 2.24) is 14.5 Å². The van der Waals surface area contributed by atoms with E-state index >= 15 is 0 Å². The number of hydrogen-bond acceptors (Lipinski definition) is 6. The van der Waals surface area contributed by atoms with Crippen molar-refractivity contribution in [2.75, 3.05) is 32.8 Å². The largest absolute Gasteiger partial charge is 0.462 e. The second kappa shape index (κ2) is 39.8. The topological polar surface area (TPSA) is 73.7 Å². The number of nitrogens with zero attached hydrogens (tertiary/aromatic N) is 3. The van der Waals surface area contributed by atoms with Crippen LogP contribution in [-0.2, 0) is 25.6 Å². The monoisotopic (exact) mass is 770 g/mol. The molecule has 0 N–H and O–H groups in total. The first kappa shape index (κ1) is 50.6. The van der Waals surface area contributed by atoms with E-state index in [2.05, 4.69) is 59.5 Å². The third-order valence-electron chi connectivity index (χ3n) is 10.8. The van der Waals surface area contributed by atoms with Crippen LogP contribution in [0.3, 0.4) is 0 Å². The third-order valence-corrected chi connectivity index (χ3v) is 10.8. The molecule has 0 aliphatic heterocycles. The van der Waals surface area contributed by atoms with Gasteiger partial charge in [0.25, 0.3) is 0 Å². The Hall–Kier alpha value is -2.41. The fourth-order valence-electron chi connectivity index (χ4n) is 7.26. The van der Waals surface area contributed by atoms with Crippen molar-refractivity contribution < 1.29 is 19.1 Å². The Kier molecular flexibility index (Phi) is 36.6. The van der Waals surface area contributed by atoms with Gasteiger partial charge in [-0.25, -0.2) is 4.98 Å². The number of aryl methyl sites for hydroxylation is 1. The van der Waals surface area contributed by atoms with Gasteiger partial charge in [0.2, 0.25) is 0 Å². The van der Waals surface area contributed by atoms with Gasteiger partial charge in [-0.15, -0.1) is 0 Å². The Bertz CT molecular complexity index is 1010. The molecule has 1 aromatic rings. The van der Waals surface area contributed by atoms with Crippen LogP contribution in [0.15, 0.2) is 43.0 Å². The molecule has 55 heavy (non-hydrogen) atoms. The van der Waals surface area contributed by atoms with Gasteiger partial charge in [-0.2, -0.15) is 0 Å². The fourth-order valence-corrected chi connectivity index (χ4v) is 7.26. The van der Waals surface area contributed by atoms with Crippen LogP contribution in [0.5, 0.6) is 0 Å². The first-order chi connectivity index (χ1) is 27.1. The molecule has 0 amide bonds. The van der Waals surface area contributed by atoms with Gasteiger partial charge in [0.1, 0.15) is 13.2 Å². The lowest BCUT2D eigenvalue weighted by atomic mass is 9.91. The first-order valence-electron chi connectivity index (χ1n) is 23.4. The molecule has 1 heterocycles. The van der Waals surface area contributed by atoms with Crippen LogP contribution in [0.1, 0.15) is 207 Å². The van der Waals surface area contributed by atoms with Gasteiger partial charge in [0.05, 0.1) is 12.7 Å². The summed E-state index contributed by atoms with van der Waals surface area (Å²) in [7, 11) is 0. The smallest absolute Gasteiger partial charge is 0.307 e. The van der Waals surface area contributed by atoms with E-state index in [1.807, 2.05) is 18.7 Å². The lowest BCUT2D eigenvalue weighted by Gasteiger charge is -2.22. The summed E-state index contributed by atoms with van der Waals surface area (Å²) in [5.74, 6) is 0.0455. The van der Waals surface area contributed by atoms with Crippen LogP contribution in [-0.4, -0.2) is 59.2 Å². The number of unbranched alkanes of at least 4 members (excludes halogenated alkanes) is 19. The minimum atomic E-state index is -0.211. The van der Waals surface area contributed by atoms with E-state index in [1.165, 1.54) is 141 Å². The maximum atomic E-state index is 12.8. The molecule has 0 saturated heterocycles. The lowest BCUT2D eigenvalue weighted by molar-refractivity contribution is -0.153. The zero-order valence-corrected chi connectivity index (χ0v) is 36.3. The van der Waals surface area contributed by atoms with E-state index in [4.69, 9.17) is 9.47 Å². The van der Waals surface area contributed by atoms with Crippen LogP contribution in [0, 0.1) is 5.92 Å². The number of carbonyl (C=O) groups is 2. The van der Waals surface area contributed by atoms with Crippen LogP contribution in [0.25, 0.3) is 0 Å². The van der Waals surface area contributed by atoms with Crippen molar-refractivity contribution >= 4 is 11.9 Å². The van der Waals surface area contributed by atoms with Crippen molar-refractivity contribution in [1.29, 1.82) is 0 Å². The zero-order chi connectivity index (χ0) is 39.7. The van der Waals surface area contributed by atoms with Crippen LogP contribution >= 0.6 is 0 Å². The Labute approximate surface area is 339 Å². The molecule has 0 spiro atoms. The molecule has 0 atom stereocenters. The summed E-state index contributed by atoms with van der Waals surface area (Å²) < 4.78 is 13.2. The number of allylic oxidation sites excluding steroid dienone is 4. The SMILES string of the molecule is CCCCC/C=C\C/C=C\CCCCCCCCN(CCCn1ccnc1)CCC(=O)OCCOC(=O)CC(CCCCCCCC)CCCCCCCC. The molecule has 0 bridgehead atoms. The van der Waals surface area contributed by atoms with Crippen molar-refractivity contribution in [3.63, 3.8) is 0 Å². The molecule has 0 aliphatic carbocycles. The van der Waals surface area contributed by atoms with Crippen molar-refractivity contribution in [2.24, 2.45) is 5.92 Å². The highest BCUT2D eigenvalue weighted by Gasteiger charge is 2.16. The third kappa shape index (κ3) is 34.6. The average Bonchev–Trinajstić information content (AvgIpc) is 3.71. The summed E-state index contributed by atoms with van der Waals surface area (Å²) in [6.45, 7) is 10.6. The maximum absolute atomic E-state index is 12.8. The number of esters is 2. The van der Waals surface area contributed by atoms with E-state index in [-0.39, 0.29) is 25.2 Å². The molecule has 0 aromatic carbocycles. The predicted molar refractivity (Wildman–Crippen MR) is 233 cm³/mol. The Balaban J connectivity index is 2.31.